The Balaban J connectivity index is 2.56. The van der Waals surface area contributed by atoms with Crippen molar-refractivity contribution < 1.29 is 4.74 Å². The highest BCUT2D eigenvalue weighted by Gasteiger charge is 2.39. The molecule has 1 saturated heterocycles. The van der Waals surface area contributed by atoms with Gasteiger partial charge >= 0.3 is 0 Å². The Bertz CT molecular complexity index is 469. The van der Waals surface area contributed by atoms with Crippen LogP contribution in [-0.4, -0.2) is 12.2 Å². The number of ether oxygens (including phenoxy) is 1. The average Bonchev–Trinajstić information content (AvgIpc) is 2.82. The molecular weight excluding hydrogens is 300 g/mol. The minimum Gasteiger partial charge on any atom is -0.374 e. The molecule has 1 fully saturated rings. The zero-order chi connectivity index (χ0) is 14.4. The van der Waals surface area contributed by atoms with Crippen molar-refractivity contribution in [1.29, 1.82) is 0 Å². The third kappa shape index (κ3) is 2.38. The first-order chi connectivity index (χ1) is 8.79. The van der Waals surface area contributed by atoms with Crippen LogP contribution in [0.4, 0.5) is 0 Å². The molecule has 106 valence electrons. The minimum atomic E-state index is -0.0658. The maximum absolute atomic E-state index is 6.03. The quantitative estimate of drug-likeness (QED) is 0.676. The van der Waals surface area contributed by atoms with Crippen LogP contribution in [0.2, 0.25) is 0 Å². The van der Waals surface area contributed by atoms with Gasteiger partial charge in [0, 0.05) is 6.61 Å². The Morgan fingerprint density at radius 2 is 1.42 bits per heavy atom. The molecule has 0 N–H and O–H groups in total. The van der Waals surface area contributed by atoms with Gasteiger partial charge in [-0.05, 0) is 87.8 Å². The van der Waals surface area contributed by atoms with Gasteiger partial charge in [0.1, 0.15) is 0 Å². The van der Waals surface area contributed by atoms with Crippen LogP contribution in [0.1, 0.15) is 58.0 Å². The Kier molecular flexibility index (Phi) is 4.13. The fourth-order valence-corrected chi connectivity index (χ4v) is 4.26. The van der Waals surface area contributed by atoms with Gasteiger partial charge in [-0.25, -0.2) is 0 Å². The lowest BCUT2D eigenvalue weighted by Gasteiger charge is -2.33. The van der Waals surface area contributed by atoms with E-state index < -0.39 is 0 Å². The molecule has 1 aliphatic rings. The molecule has 1 aliphatic heterocycles. The first-order valence-corrected chi connectivity index (χ1v) is 8.06. The Morgan fingerprint density at radius 3 is 1.84 bits per heavy atom. The van der Waals surface area contributed by atoms with Crippen molar-refractivity contribution in [3.63, 3.8) is 0 Å². The van der Waals surface area contributed by atoms with E-state index in [9.17, 15) is 0 Å². The number of rotatable bonds is 2. The third-order valence-electron chi connectivity index (χ3n) is 5.10. The highest BCUT2D eigenvalue weighted by Crippen LogP contribution is 2.46. The first kappa shape index (κ1) is 15.1. The van der Waals surface area contributed by atoms with Gasteiger partial charge in [0.15, 0.2) is 0 Å². The first-order valence-electron chi connectivity index (χ1n) is 7.14. The Hall–Kier alpha value is -0.340. The lowest BCUT2D eigenvalue weighted by Crippen LogP contribution is -2.30. The molecule has 0 saturated carbocycles. The van der Waals surface area contributed by atoms with Gasteiger partial charge in [0.05, 0.1) is 10.4 Å². The van der Waals surface area contributed by atoms with Crippen LogP contribution in [-0.2, 0) is 4.74 Å². The summed E-state index contributed by atoms with van der Waals surface area (Å²) >= 11 is 3.94. The standard InChI is InChI=1S/C17H25BrO/c1-10-11(2)13(4)15(14(5)12(10)3)16(18)17(6)8-7-9-19-17/h16H,7-9H2,1-6H3. The van der Waals surface area contributed by atoms with E-state index in [1.165, 1.54) is 39.8 Å². The molecule has 0 bridgehead atoms. The molecule has 0 spiro atoms. The van der Waals surface area contributed by atoms with E-state index in [1.54, 1.807) is 0 Å². The summed E-state index contributed by atoms with van der Waals surface area (Å²) < 4.78 is 6.03. The van der Waals surface area contributed by atoms with Gasteiger partial charge in [-0.1, -0.05) is 15.9 Å². The lowest BCUT2D eigenvalue weighted by molar-refractivity contribution is 0.0195. The maximum atomic E-state index is 6.03. The van der Waals surface area contributed by atoms with Crippen LogP contribution in [0.3, 0.4) is 0 Å². The predicted octanol–water partition coefficient (Wildman–Crippen LogP) is 5.23. The molecule has 2 heteroatoms. The fourth-order valence-electron chi connectivity index (χ4n) is 3.22. The summed E-state index contributed by atoms with van der Waals surface area (Å²) in [5, 5.41) is 0. The van der Waals surface area contributed by atoms with Crippen molar-refractivity contribution in [3.05, 3.63) is 33.4 Å². The van der Waals surface area contributed by atoms with Gasteiger partial charge in [-0.15, -0.1) is 0 Å². The van der Waals surface area contributed by atoms with Gasteiger partial charge in [0.25, 0.3) is 0 Å². The van der Waals surface area contributed by atoms with E-state index in [0.717, 1.165) is 13.0 Å². The average molecular weight is 325 g/mol. The van der Waals surface area contributed by atoms with E-state index in [-0.39, 0.29) is 10.4 Å². The van der Waals surface area contributed by atoms with E-state index in [1.807, 2.05) is 0 Å². The highest BCUT2D eigenvalue weighted by atomic mass is 79.9. The number of halogens is 1. The van der Waals surface area contributed by atoms with Crippen LogP contribution < -0.4 is 0 Å². The minimum absolute atomic E-state index is 0.0658. The van der Waals surface area contributed by atoms with Crippen molar-refractivity contribution in [3.8, 4) is 0 Å². The SMILES string of the molecule is Cc1c(C)c(C)c(C(Br)C2(C)CCCO2)c(C)c1C. The normalized spacial score (nSPS) is 24.8. The largest absolute Gasteiger partial charge is 0.374 e. The summed E-state index contributed by atoms with van der Waals surface area (Å²) in [6.45, 7) is 14.3. The van der Waals surface area contributed by atoms with Crippen LogP contribution in [0.15, 0.2) is 0 Å². The Labute approximate surface area is 125 Å². The van der Waals surface area contributed by atoms with Gasteiger partial charge in [-0.3, -0.25) is 0 Å². The summed E-state index contributed by atoms with van der Waals surface area (Å²) in [6.07, 6.45) is 2.30. The van der Waals surface area contributed by atoms with Crippen LogP contribution >= 0.6 is 15.9 Å². The van der Waals surface area contributed by atoms with Crippen LogP contribution in [0.5, 0.6) is 0 Å². The predicted molar refractivity (Wildman–Crippen MR) is 85.4 cm³/mol. The molecule has 1 aromatic carbocycles. The molecule has 19 heavy (non-hydrogen) atoms. The van der Waals surface area contributed by atoms with Crippen molar-refractivity contribution in [1.82, 2.24) is 0 Å². The molecule has 0 radical (unpaired) electrons. The lowest BCUT2D eigenvalue weighted by atomic mass is 9.83. The summed E-state index contributed by atoms with van der Waals surface area (Å²) in [5.41, 5.74) is 8.47. The van der Waals surface area contributed by atoms with Gasteiger partial charge < -0.3 is 4.74 Å². The fraction of sp³-hybridized carbons (Fsp3) is 0.647. The van der Waals surface area contributed by atoms with Crippen molar-refractivity contribution >= 4 is 15.9 Å². The number of benzene rings is 1. The summed E-state index contributed by atoms with van der Waals surface area (Å²) in [6, 6.07) is 0. The van der Waals surface area contributed by atoms with E-state index in [0.29, 0.717) is 0 Å². The Morgan fingerprint density at radius 1 is 0.947 bits per heavy atom. The van der Waals surface area contributed by atoms with Gasteiger partial charge in [-0.2, -0.15) is 0 Å². The molecule has 1 heterocycles. The summed E-state index contributed by atoms with van der Waals surface area (Å²) in [7, 11) is 0. The van der Waals surface area contributed by atoms with Gasteiger partial charge in [0.2, 0.25) is 0 Å². The second-order valence-corrected chi connectivity index (χ2v) is 7.08. The van der Waals surface area contributed by atoms with Crippen LogP contribution in [0, 0.1) is 34.6 Å². The van der Waals surface area contributed by atoms with E-state index >= 15 is 0 Å². The summed E-state index contributed by atoms with van der Waals surface area (Å²) in [5.74, 6) is 0. The van der Waals surface area contributed by atoms with Crippen molar-refractivity contribution in [2.45, 2.75) is 64.8 Å². The second-order valence-electron chi connectivity index (χ2n) is 6.17. The smallest absolute Gasteiger partial charge is 0.0820 e. The number of hydrogen-bond acceptors (Lipinski definition) is 1. The molecule has 1 aromatic rings. The monoisotopic (exact) mass is 324 g/mol. The van der Waals surface area contributed by atoms with Crippen molar-refractivity contribution in [2.24, 2.45) is 0 Å². The number of alkyl halides is 1. The molecule has 2 rings (SSSR count). The molecule has 1 nitrogen and oxygen atoms in total. The molecule has 2 atom stereocenters. The molecule has 0 aliphatic carbocycles. The topological polar surface area (TPSA) is 9.23 Å². The molecular formula is C17H25BrO. The molecule has 0 aromatic heterocycles. The third-order valence-corrected chi connectivity index (χ3v) is 6.52. The zero-order valence-electron chi connectivity index (χ0n) is 13.0. The second kappa shape index (κ2) is 5.21. The zero-order valence-corrected chi connectivity index (χ0v) is 14.6. The van der Waals surface area contributed by atoms with E-state index in [2.05, 4.69) is 57.5 Å². The highest BCUT2D eigenvalue weighted by molar-refractivity contribution is 9.09. The van der Waals surface area contributed by atoms with Crippen LogP contribution in [0.25, 0.3) is 0 Å². The van der Waals surface area contributed by atoms with Crippen molar-refractivity contribution in [2.75, 3.05) is 6.61 Å². The van der Waals surface area contributed by atoms with E-state index in [4.69, 9.17) is 4.74 Å². The number of hydrogen-bond donors (Lipinski definition) is 0. The molecule has 0 amide bonds. The maximum Gasteiger partial charge on any atom is 0.0820 e. The summed E-state index contributed by atoms with van der Waals surface area (Å²) in [4.78, 5) is 0.278. The molecule has 2 unspecified atom stereocenters.